The van der Waals surface area contributed by atoms with Gasteiger partial charge in [0.05, 0.1) is 0 Å². The van der Waals surface area contributed by atoms with E-state index in [9.17, 15) is 0 Å². The van der Waals surface area contributed by atoms with Crippen LogP contribution in [0.1, 0.15) is 12.8 Å². The highest BCUT2D eigenvalue weighted by Gasteiger charge is 2.25. The zero-order chi connectivity index (χ0) is 8.39. The largest absolute Gasteiger partial charge is 0.308 e. The van der Waals surface area contributed by atoms with Crippen molar-refractivity contribution in [3.63, 3.8) is 0 Å². The molecule has 0 unspecified atom stereocenters. The van der Waals surface area contributed by atoms with Crippen LogP contribution in [0, 0.1) is 17.4 Å². The van der Waals surface area contributed by atoms with Crippen LogP contribution >= 0.6 is 0 Å². The Labute approximate surface area is 73.6 Å². The fraction of sp³-hybridized carbons (Fsp3) is 0.889. The fourth-order valence-corrected chi connectivity index (χ4v) is 1.70. The Morgan fingerprint density at radius 2 is 1.83 bits per heavy atom. The maximum absolute atomic E-state index is 8.63. The summed E-state index contributed by atoms with van der Waals surface area (Å²) in [6, 6.07) is 0. The molecule has 1 aliphatic carbocycles. The van der Waals surface area contributed by atoms with Gasteiger partial charge in [-0.05, 0) is 18.8 Å². The Hall–Kier alpha value is -0.750. The van der Waals surface area contributed by atoms with Crippen LogP contribution in [-0.2, 0) is 0 Å². The molecule has 1 heterocycles. The summed E-state index contributed by atoms with van der Waals surface area (Å²) in [6.45, 7) is 5.32. The van der Waals surface area contributed by atoms with E-state index in [4.69, 9.17) is 5.26 Å². The summed E-state index contributed by atoms with van der Waals surface area (Å²) in [4.78, 5) is 4.34. The minimum absolute atomic E-state index is 0.934. The first-order valence-corrected chi connectivity index (χ1v) is 4.75. The van der Waals surface area contributed by atoms with Gasteiger partial charge in [-0.3, -0.25) is 4.90 Å². The lowest BCUT2D eigenvalue weighted by molar-refractivity contribution is 0.168. The lowest BCUT2D eigenvalue weighted by atomic mass is 10.3. The Morgan fingerprint density at radius 3 is 2.33 bits per heavy atom. The Balaban J connectivity index is 1.71. The molecule has 3 nitrogen and oxygen atoms in total. The number of hydrogen-bond donors (Lipinski definition) is 0. The molecule has 2 fully saturated rings. The molecule has 0 spiro atoms. The van der Waals surface area contributed by atoms with E-state index in [1.807, 2.05) is 4.90 Å². The van der Waals surface area contributed by atoms with Crippen molar-refractivity contribution in [1.29, 1.82) is 5.26 Å². The van der Waals surface area contributed by atoms with E-state index >= 15 is 0 Å². The molecule has 2 aliphatic rings. The molecule has 0 aromatic heterocycles. The van der Waals surface area contributed by atoms with Gasteiger partial charge >= 0.3 is 0 Å². The minimum Gasteiger partial charge on any atom is -0.308 e. The van der Waals surface area contributed by atoms with Gasteiger partial charge in [-0.15, -0.1) is 0 Å². The van der Waals surface area contributed by atoms with E-state index in [2.05, 4.69) is 11.1 Å². The lowest BCUT2D eigenvalue weighted by Gasteiger charge is -2.31. The lowest BCUT2D eigenvalue weighted by Crippen LogP contribution is -2.44. The summed E-state index contributed by atoms with van der Waals surface area (Å²) < 4.78 is 0. The molecule has 2 rings (SSSR count). The Bertz CT molecular complexity index is 184. The van der Waals surface area contributed by atoms with E-state index in [1.165, 1.54) is 19.4 Å². The monoisotopic (exact) mass is 165 g/mol. The number of hydrogen-bond acceptors (Lipinski definition) is 3. The average Bonchev–Trinajstić information content (AvgIpc) is 2.90. The molecule has 0 radical (unpaired) electrons. The van der Waals surface area contributed by atoms with E-state index < -0.39 is 0 Å². The highest BCUT2D eigenvalue weighted by atomic mass is 15.3. The number of piperazine rings is 1. The quantitative estimate of drug-likeness (QED) is 0.558. The van der Waals surface area contributed by atoms with Crippen LogP contribution in [0.5, 0.6) is 0 Å². The maximum atomic E-state index is 8.63. The van der Waals surface area contributed by atoms with Crippen LogP contribution in [0.15, 0.2) is 0 Å². The zero-order valence-corrected chi connectivity index (χ0v) is 7.37. The van der Waals surface area contributed by atoms with Gasteiger partial charge in [0.2, 0.25) is 0 Å². The Kier molecular flexibility index (Phi) is 2.18. The predicted molar refractivity (Wildman–Crippen MR) is 46.4 cm³/mol. The first-order valence-electron chi connectivity index (χ1n) is 4.75. The van der Waals surface area contributed by atoms with Crippen molar-refractivity contribution in [2.24, 2.45) is 5.92 Å². The summed E-state index contributed by atoms with van der Waals surface area (Å²) in [7, 11) is 0. The number of nitrogens with zero attached hydrogens (tertiary/aromatic N) is 3. The van der Waals surface area contributed by atoms with Crippen molar-refractivity contribution in [3.8, 4) is 6.19 Å². The van der Waals surface area contributed by atoms with Gasteiger partial charge in [0, 0.05) is 32.7 Å². The van der Waals surface area contributed by atoms with E-state index in [0.717, 1.165) is 32.1 Å². The third-order valence-electron chi connectivity index (χ3n) is 2.73. The van der Waals surface area contributed by atoms with Crippen molar-refractivity contribution >= 4 is 0 Å². The summed E-state index contributed by atoms with van der Waals surface area (Å²) in [5, 5.41) is 8.63. The molecular weight excluding hydrogens is 150 g/mol. The smallest absolute Gasteiger partial charge is 0.179 e. The van der Waals surface area contributed by atoms with E-state index in [0.29, 0.717) is 0 Å². The summed E-state index contributed by atoms with van der Waals surface area (Å²) >= 11 is 0. The average molecular weight is 165 g/mol. The summed E-state index contributed by atoms with van der Waals surface area (Å²) in [6.07, 6.45) is 5.06. The fourth-order valence-electron chi connectivity index (χ4n) is 1.70. The van der Waals surface area contributed by atoms with Crippen LogP contribution in [0.4, 0.5) is 0 Å². The molecule has 0 atom stereocenters. The van der Waals surface area contributed by atoms with Crippen molar-refractivity contribution in [2.75, 3.05) is 32.7 Å². The number of nitriles is 1. The predicted octanol–water partition coefficient (Wildman–Crippen LogP) is 0.495. The molecule has 1 aliphatic heterocycles. The summed E-state index contributed by atoms with van der Waals surface area (Å²) in [5.41, 5.74) is 0. The standard InChI is InChI=1S/C9H15N3/c10-8-12-5-3-11(4-6-12)7-9-1-2-9/h9H,1-7H2. The molecule has 66 valence electrons. The van der Waals surface area contributed by atoms with Crippen molar-refractivity contribution in [2.45, 2.75) is 12.8 Å². The van der Waals surface area contributed by atoms with Crippen LogP contribution in [0.2, 0.25) is 0 Å². The van der Waals surface area contributed by atoms with Crippen LogP contribution in [0.3, 0.4) is 0 Å². The van der Waals surface area contributed by atoms with Gasteiger partial charge in [0.1, 0.15) is 0 Å². The minimum atomic E-state index is 0.934. The first-order chi connectivity index (χ1) is 5.88. The molecule has 0 bridgehead atoms. The van der Waals surface area contributed by atoms with E-state index in [-0.39, 0.29) is 0 Å². The molecule has 12 heavy (non-hydrogen) atoms. The van der Waals surface area contributed by atoms with E-state index in [1.54, 1.807) is 0 Å². The third-order valence-corrected chi connectivity index (χ3v) is 2.73. The highest BCUT2D eigenvalue weighted by molar-refractivity contribution is 4.84. The van der Waals surface area contributed by atoms with Gasteiger partial charge in [-0.1, -0.05) is 0 Å². The first kappa shape index (κ1) is 7.88. The van der Waals surface area contributed by atoms with Crippen molar-refractivity contribution in [3.05, 3.63) is 0 Å². The molecule has 3 heteroatoms. The van der Waals surface area contributed by atoms with Gasteiger partial charge < -0.3 is 4.90 Å². The second-order valence-corrected chi connectivity index (χ2v) is 3.83. The van der Waals surface area contributed by atoms with Gasteiger partial charge in [0.25, 0.3) is 0 Å². The second kappa shape index (κ2) is 3.32. The topological polar surface area (TPSA) is 30.3 Å². The number of rotatable bonds is 2. The highest BCUT2D eigenvalue weighted by Crippen LogP contribution is 2.29. The van der Waals surface area contributed by atoms with Crippen LogP contribution < -0.4 is 0 Å². The maximum Gasteiger partial charge on any atom is 0.179 e. The second-order valence-electron chi connectivity index (χ2n) is 3.83. The molecule has 0 amide bonds. The molecular formula is C9H15N3. The van der Waals surface area contributed by atoms with Crippen LogP contribution in [0.25, 0.3) is 0 Å². The van der Waals surface area contributed by atoms with Crippen molar-refractivity contribution < 1.29 is 0 Å². The van der Waals surface area contributed by atoms with Gasteiger partial charge in [0.15, 0.2) is 6.19 Å². The SMILES string of the molecule is N#CN1CCN(CC2CC2)CC1. The van der Waals surface area contributed by atoms with Crippen LogP contribution in [-0.4, -0.2) is 42.5 Å². The summed E-state index contributed by atoms with van der Waals surface area (Å²) in [5.74, 6) is 0.985. The third kappa shape index (κ3) is 1.89. The van der Waals surface area contributed by atoms with Crippen molar-refractivity contribution in [1.82, 2.24) is 9.80 Å². The van der Waals surface area contributed by atoms with Gasteiger partial charge in [-0.25, -0.2) is 0 Å². The molecule has 0 aromatic rings. The molecule has 1 saturated heterocycles. The normalized spacial score (nSPS) is 25.4. The van der Waals surface area contributed by atoms with Gasteiger partial charge in [-0.2, -0.15) is 5.26 Å². The molecule has 1 saturated carbocycles. The zero-order valence-electron chi connectivity index (χ0n) is 7.37. The molecule has 0 N–H and O–H groups in total. The Morgan fingerprint density at radius 1 is 1.17 bits per heavy atom. The molecule has 0 aromatic carbocycles.